The zero-order chi connectivity index (χ0) is 38.6. The average molecular weight is 741 g/mol. The van der Waals surface area contributed by atoms with Crippen LogP contribution < -0.4 is 4.74 Å². The largest absolute Gasteiger partial charge is 0.494 e. The highest BCUT2D eigenvalue weighted by molar-refractivity contribution is 5.99. The number of fused-ring (bicyclic) bond motifs is 5. The topological polar surface area (TPSA) is 52.4 Å². The van der Waals surface area contributed by atoms with Crippen molar-refractivity contribution in [3.8, 4) is 16.9 Å². The number of nitrogens with zero attached hydrogens (tertiary/aromatic N) is 2. The molecule has 0 saturated carbocycles. The molecule has 5 aromatic carbocycles. The molecule has 8 rings (SSSR count). The highest BCUT2D eigenvalue weighted by Gasteiger charge is 2.61. The Hall–Kier alpha value is -5.58. The van der Waals surface area contributed by atoms with E-state index in [-0.39, 0.29) is 40.0 Å². The third-order valence-corrected chi connectivity index (χ3v) is 10.9. The fraction of sp³-hybridized carbons (Fsp3) is 0.256. The van der Waals surface area contributed by atoms with E-state index in [1.807, 2.05) is 49.4 Å². The number of ether oxygens (including phenoxy) is 3. The fourth-order valence-corrected chi connectivity index (χ4v) is 8.22. The van der Waals surface area contributed by atoms with Crippen LogP contribution in [0.4, 0.5) is 37.7 Å². The summed E-state index contributed by atoms with van der Waals surface area (Å²) >= 11 is 0. The van der Waals surface area contributed by atoms with E-state index in [9.17, 15) is 0 Å². The van der Waals surface area contributed by atoms with Gasteiger partial charge in [0.1, 0.15) is 11.4 Å². The molecule has 2 unspecified atom stereocenters. The van der Waals surface area contributed by atoms with Gasteiger partial charge in [0.05, 0.1) is 18.2 Å². The highest BCUT2D eigenvalue weighted by Crippen LogP contribution is 2.61. The number of benzene rings is 5. The molecule has 5 nitrogen and oxygen atoms in total. The van der Waals surface area contributed by atoms with E-state index in [1.54, 1.807) is 49.4 Å². The van der Waals surface area contributed by atoms with Crippen LogP contribution in [0.3, 0.4) is 0 Å². The van der Waals surface area contributed by atoms with Gasteiger partial charge < -0.3 is 14.2 Å². The van der Waals surface area contributed by atoms with Crippen LogP contribution in [0.1, 0.15) is 70.8 Å². The van der Waals surface area contributed by atoms with Crippen molar-refractivity contribution in [2.75, 3.05) is 7.11 Å². The molecule has 2 atom stereocenters. The van der Waals surface area contributed by atoms with E-state index in [0.29, 0.717) is 33.4 Å². The van der Waals surface area contributed by atoms with Crippen molar-refractivity contribution in [2.24, 2.45) is 9.98 Å². The van der Waals surface area contributed by atoms with E-state index >= 15 is 26.3 Å². The van der Waals surface area contributed by atoms with Gasteiger partial charge in [0.2, 0.25) is 17.1 Å². The predicted molar refractivity (Wildman–Crippen MR) is 194 cm³/mol. The summed E-state index contributed by atoms with van der Waals surface area (Å²) in [5, 5.41) is 0. The van der Waals surface area contributed by atoms with Gasteiger partial charge in [-0.1, -0.05) is 72.3 Å². The van der Waals surface area contributed by atoms with Crippen LogP contribution in [-0.4, -0.2) is 31.3 Å². The van der Waals surface area contributed by atoms with Gasteiger partial charge in [0.25, 0.3) is 0 Å². The second-order valence-corrected chi connectivity index (χ2v) is 14.3. The normalized spacial score (nSPS) is 21.0. The first-order valence-corrected chi connectivity index (χ1v) is 17.2. The molecule has 3 aliphatic rings. The quantitative estimate of drug-likeness (QED) is 0.169. The maximum Gasteiger partial charge on any atom is 0.432 e. The molecule has 0 amide bonds. The number of rotatable bonds is 4. The SMILES string of the molecule is COc1cc(C2(c3cc(C)c4c(c3)C(C)(C(F)(F)F)OC(C)=N4)c3ccccc3-c3ccccc32)cc2c1N=C(c1cccc(C)c1)OC2(C)C(F)(F)F. The predicted octanol–water partition coefficient (Wildman–Crippen LogP) is 11.4. The average Bonchev–Trinajstić information content (AvgIpc) is 3.42. The summed E-state index contributed by atoms with van der Waals surface area (Å²) in [4.78, 5) is 9.02. The monoisotopic (exact) mass is 740 g/mol. The smallest absolute Gasteiger partial charge is 0.432 e. The lowest BCUT2D eigenvalue weighted by atomic mass is 9.65. The Labute approximate surface area is 308 Å². The van der Waals surface area contributed by atoms with Gasteiger partial charge in [0.15, 0.2) is 5.90 Å². The first-order valence-electron chi connectivity index (χ1n) is 17.2. The van der Waals surface area contributed by atoms with Crippen molar-refractivity contribution in [1.82, 2.24) is 0 Å². The maximum atomic E-state index is 15.5. The van der Waals surface area contributed by atoms with E-state index < -0.39 is 29.0 Å². The molecular weight excluding hydrogens is 706 g/mol. The van der Waals surface area contributed by atoms with Gasteiger partial charge in [-0.3, -0.25) is 0 Å². The summed E-state index contributed by atoms with van der Waals surface area (Å²) < 4.78 is 109. The standard InChI is InChI=1S/C43H34F6N2O3/c1-23-12-11-13-26(18-23)38-51-37-34(40(5,54-38)43(47,48)49)21-28(22-35(37)52-6)41(31-16-9-7-14-29(31)30-15-8-10-17-32(30)41)27-19-24(2)36-33(20-27)39(4,42(44,45)46)53-25(3)50-36/h7-22H,1-6H3. The lowest BCUT2D eigenvalue weighted by Gasteiger charge is -2.41. The molecule has 0 radical (unpaired) electrons. The van der Waals surface area contributed by atoms with Crippen LogP contribution in [0.2, 0.25) is 0 Å². The molecule has 276 valence electrons. The van der Waals surface area contributed by atoms with Gasteiger partial charge in [0, 0.05) is 23.6 Å². The summed E-state index contributed by atoms with van der Waals surface area (Å²) in [5.41, 5.74) is -2.45. The second-order valence-electron chi connectivity index (χ2n) is 14.3. The maximum absolute atomic E-state index is 15.5. The number of methoxy groups -OCH3 is 1. The van der Waals surface area contributed by atoms with Crippen molar-refractivity contribution in [3.63, 3.8) is 0 Å². The van der Waals surface area contributed by atoms with Gasteiger partial charge >= 0.3 is 12.4 Å². The van der Waals surface area contributed by atoms with Crippen molar-refractivity contribution in [1.29, 1.82) is 0 Å². The van der Waals surface area contributed by atoms with Crippen molar-refractivity contribution in [3.05, 3.63) is 147 Å². The van der Waals surface area contributed by atoms with Gasteiger partial charge in [-0.15, -0.1) is 0 Å². The third-order valence-electron chi connectivity index (χ3n) is 10.9. The number of alkyl halides is 6. The molecule has 54 heavy (non-hydrogen) atoms. The molecule has 0 aromatic heterocycles. The Morgan fingerprint density at radius 3 is 1.72 bits per heavy atom. The van der Waals surface area contributed by atoms with Crippen LogP contribution in [0.15, 0.2) is 107 Å². The Bertz CT molecular complexity index is 2400. The molecule has 0 saturated heterocycles. The summed E-state index contributed by atoms with van der Waals surface area (Å²) in [6, 6.07) is 27.9. The molecule has 0 bridgehead atoms. The van der Waals surface area contributed by atoms with Crippen LogP contribution in [0, 0.1) is 13.8 Å². The Morgan fingerprint density at radius 1 is 0.593 bits per heavy atom. The number of hydrogen-bond donors (Lipinski definition) is 0. The van der Waals surface area contributed by atoms with Gasteiger partial charge in [-0.25, -0.2) is 9.98 Å². The molecule has 1 aliphatic carbocycles. The number of halogens is 6. The summed E-state index contributed by atoms with van der Waals surface area (Å²) in [6.45, 7) is 6.78. The van der Waals surface area contributed by atoms with Crippen LogP contribution in [-0.2, 0) is 26.1 Å². The lowest BCUT2D eigenvalue weighted by Crippen LogP contribution is -2.46. The number of aryl methyl sites for hydroxylation is 2. The Morgan fingerprint density at radius 2 is 1.15 bits per heavy atom. The lowest BCUT2D eigenvalue weighted by molar-refractivity contribution is -0.253. The van der Waals surface area contributed by atoms with Crippen molar-refractivity contribution in [2.45, 2.75) is 63.6 Å². The Balaban J connectivity index is 1.51. The minimum Gasteiger partial charge on any atom is -0.494 e. The van der Waals surface area contributed by atoms with Gasteiger partial charge in [-0.05, 0) is 97.0 Å². The van der Waals surface area contributed by atoms with Gasteiger partial charge in [-0.2, -0.15) is 26.3 Å². The molecule has 0 spiro atoms. The first-order chi connectivity index (χ1) is 25.4. The summed E-state index contributed by atoms with van der Waals surface area (Å²) in [7, 11) is 1.35. The van der Waals surface area contributed by atoms with E-state index in [0.717, 1.165) is 30.5 Å². The van der Waals surface area contributed by atoms with Crippen molar-refractivity contribution >= 4 is 23.2 Å². The third kappa shape index (κ3) is 4.86. The highest BCUT2D eigenvalue weighted by atomic mass is 19.4. The fourth-order valence-electron chi connectivity index (χ4n) is 8.22. The second kappa shape index (κ2) is 11.7. The van der Waals surface area contributed by atoms with Crippen LogP contribution in [0.25, 0.3) is 11.1 Å². The zero-order valence-corrected chi connectivity index (χ0v) is 30.1. The summed E-state index contributed by atoms with van der Waals surface area (Å²) in [6.07, 6.45) is -9.80. The summed E-state index contributed by atoms with van der Waals surface area (Å²) in [5.74, 6) is -0.331. The Kier molecular flexibility index (Phi) is 7.69. The molecule has 0 fully saturated rings. The minimum atomic E-state index is -4.95. The number of aliphatic imine (C=N–C) groups is 2. The molecule has 0 N–H and O–H groups in total. The van der Waals surface area contributed by atoms with E-state index in [1.165, 1.54) is 26.2 Å². The number of hydrogen-bond acceptors (Lipinski definition) is 5. The zero-order valence-electron chi connectivity index (χ0n) is 30.1. The molecule has 2 heterocycles. The molecule has 2 aliphatic heterocycles. The van der Waals surface area contributed by atoms with Crippen molar-refractivity contribution < 1.29 is 40.6 Å². The molecule has 5 aromatic rings. The van der Waals surface area contributed by atoms with E-state index in [4.69, 9.17) is 14.2 Å². The first kappa shape index (κ1) is 35.4. The van der Waals surface area contributed by atoms with Crippen LogP contribution in [0.5, 0.6) is 5.75 Å². The van der Waals surface area contributed by atoms with E-state index in [2.05, 4.69) is 9.98 Å². The molecule has 11 heteroatoms. The molecular formula is C43H34F6N2O3. The minimum absolute atomic E-state index is 0.0334. The van der Waals surface area contributed by atoms with Crippen LogP contribution >= 0.6 is 0 Å².